The average molecular weight is 427 g/mol. The lowest BCUT2D eigenvalue weighted by molar-refractivity contribution is -0.384. The molecule has 0 aliphatic carbocycles. The fraction of sp³-hybridized carbons (Fsp3) is 0.250. The third-order valence-corrected chi connectivity index (χ3v) is 5.28. The molecule has 0 saturated carbocycles. The van der Waals surface area contributed by atoms with E-state index in [1.54, 1.807) is 0 Å². The molecule has 0 radical (unpaired) electrons. The number of benzene rings is 2. The predicted octanol–water partition coefficient (Wildman–Crippen LogP) is 3.54. The molecule has 156 valence electrons. The van der Waals surface area contributed by atoms with E-state index in [-0.39, 0.29) is 23.1 Å². The first-order valence-corrected chi connectivity index (χ1v) is 10.2. The van der Waals surface area contributed by atoms with E-state index in [0.717, 1.165) is 11.4 Å². The van der Waals surface area contributed by atoms with Crippen LogP contribution in [-0.4, -0.2) is 38.5 Å². The van der Waals surface area contributed by atoms with Crippen LogP contribution in [-0.2, 0) is 17.8 Å². The minimum Gasteiger partial charge on any atom is -0.494 e. The number of carbonyl (C=O) groups is 1. The summed E-state index contributed by atoms with van der Waals surface area (Å²) in [6, 6.07) is 14.0. The highest BCUT2D eigenvalue weighted by molar-refractivity contribution is 7.99. The maximum atomic E-state index is 12.4. The number of thioether (sulfide) groups is 1. The van der Waals surface area contributed by atoms with Crippen molar-refractivity contribution in [1.82, 2.24) is 14.8 Å². The molecular weight excluding hydrogens is 406 g/mol. The van der Waals surface area contributed by atoms with Crippen LogP contribution in [0.1, 0.15) is 18.3 Å². The summed E-state index contributed by atoms with van der Waals surface area (Å²) in [5.74, 6) is 0.902. The maximum Gasteiger partial charge on any atom is 0.273 e. The van der Waals surface area contributed by atoms with Crippen molar-refractivity contribution in [3.63, 3.8) is 0 Å². The summed E-state index contributed by atoms with van der Waals surface area (Å²) in [5, 5.41) is 22.8. The molecule has 10 heteroatoms. The first kappa shape index (κ1) is 21.3. The van der Waals surface area contributed by atoms with Crippen LogP contribution in [0, 0.1) is 10.1 Å². The molecule has 0 aliphatic rings. The van der Waals surface area contributed by atoms with Crippen LogP contribution in [0.4, 0.5) is 11.4 Å². The summed E-state index contributed by atoms with van der Waals surface area (Å²) < 4.78 is 7.13. The molecule has 0 aliphatic heterocycles. The summed E-state index contributed by atoms with van der Waals surface area (Å²) in [6.45, 7) is 2.69. The van der Waals surface area contributed by atoms with E-state index in [2.05, 4.69) is 15.5 Å². The number of rotatable bonds is 9. The topological polar surface area (TPSA) is 112 Å². The van der Waals surface area contributed by atoms with Crippen LogP contribution < -0.4 is 10.1 Å². The first-order valence-electron chi connectivity index (χ1n) is 9.23. The zero-order chi connectivity index (χ0) is 21.5. The number of hydrogen-bond donors (Lipinski definition) is 1. The third kappa shape index (κ3) is 5.15. The van der Waals surface area contributed by atoms with Crippen molar-refractivity contribution < 1.29 is 14.5 Å². The predicted molar refractivity (Wildman–Crippen MR) is 114 cm³/mol. The fourth-order valence-corrected chi connectivity index (χ4v) is 3.69. The monoisotopic (exact) mass is 427 g/mol. The summed E-state index contributed by atoms with van der Waals surface area (Å²) in [4.78, 5) is 22.8. The molecule has 0 saturated heterocycles. The lowest BCUT2D eigenvalue weighted by atomic mass is 10.1. The molecule has 9 nitrogen and oxygen atoms in total. The Hall–Kier alpha value is -3.40. The minimum atomic E-state index is -0.519. The van der Waals surface area contributed by atoms with Crippen LogP contribution in [0.15, 0.2) is 53.7 Å². The lowest BCUT2D eigenvalue weighted by Crippen LogP contribution is -2.15. The van der Waals surface area contributed by atoms with Gasteiger partial charge in [0.1, 0.15) is 11.6 Å². The quantitative estimate of drug-likeness (QED) is 0.316. The van der Waals surface area contributed by atoms with Crippen molar-refractivity contribution in [1.29, 1.82) is 0 Å². The van der Waals surface area contributed by atoms with Gasteiger partial charge in [0.05, 0.1) is 29.5 Å². The van der Waals surface area contributed by atoms with Gasteiger partial charge in [-0.25, -0.2) is 0 Å². The standard InChI is InChI=1S/C20H21N5O4S/c1-3-24-18(11-14-7-5-4-6-8-14)22-23-20(24)30-13-19(26)21-16-10-9-15(25(27)28)12-17(16)29-2/h4-10,12H,3,11,13H2,1-2H3,(H,21,26). The molecule has 30 heavy (non-hydrogen) atoms. The molecule has 0 bridgehead atoms. The van der Waals surface area contributed by atoms with Crippen molar-refractivity contribution in [3.8, 4) is 5.75 Å². The Labute approximate surface area is 177 Å². The van der Waals surface area contributed by atoms with Gasteiger partial charge in [-0.1, -0.05) is 42.1 Å². The second-order valence-corrected chi connectivity index (χ2v) is 7.23. The number of anilines is 1. The number of amides is 1. The first-order chi connectivity index (χ1) is 14.5. The zero-order valence-corrected chi connectivity index (χ0v) is 17.4. The zero-order valence-electron chi connectivity index (χ0n) is 16.6. The number of aromatic nitrogens is 3. The number of nitro benzene ring substituents is 1. The van der Waals surface area contributed by atoms with Crippen molar-refractivity contribution in [2.24, 2.45) is 0 Å². The molecule has 0 unspecified atom stereocenters. The second-order valence-electron chi connectivity index (χ2n) is 6.28. The van der Waals surface area contributed by atoms with Gasteiger partial charge in [-0.05, 0) is 18.6 Å². The van der Waals surface area contributed by atoms with Crippen LogP contribution in [0.3, 0.4) is 0 Å². The highest BCUT2D eigenvalue weighted by atomic mass is 32.2. The van der Waals surface area contributed by atoms with Crippen molar-refractivity contribution >= 4 is 29.0 Å². The van der Waals surface area contributed by atoms with E-state index >= 15 is 0 Å². The van der Waals surface area contributed by atoms with Gasteiger partial charge < -0.3 is 14.6 Å². The average Bonchev–Trinajstić information content (AvgIpc) is 3.14. The smallest absolute Gasteiger partial charge is 0.273 e. The highest BCUT2D eigenvalue weighted by Gasteiger charge is 2.16. The van der Waals surface area contributed by atoms with Gasteiger partial charge in [-0.2, -0.15) is 0 Å². The third-order valence-electron chi connectivity index (χ3n) is 4.32. The van der Waals surface area contributed by atoms with E-state index in [1.165, 1.54) is 37.1 Å². The molecule has 3 aromatic rings. The molecule has 1 amide bonds. The second kappa shape index (κ2) is 9.88. The highest BCUT2D eigenvalue weighted by Crippen LogP contribution is 2.29. The largest absolute Gasteiger partial charge is 0.494 e. The SMILES string of the molecule is CCn1c(Cc2ccccc2)nnc1SCC(=O)Nc1ccc([N+](=O)[O-])cc1OC. The number of nitrogens with one attached hydrogen (secondary N) is 1. The van der Waals surface area contributed by atoms with E-state index in [1.807, 2.05) is 41.8 Å². The van der Waals surface area contributed by atoms with Gasteiger partial charge in [-0.15, -0.1) is 10.2 Å². The molecule has 2 aromatic carbocycles. The van der Waals surface area contributed by atoms with Crippen molar-refractivity contribution in [2.45, 2.75) is 25.0 Å². The van der Waals surface area contributed by atoms with Gasteiger partial charge in [0.2, 0.25) is 5.91 Å². The summed E-state index contributed by atoms with van der Waals surface area (Å²) in [7, 11) is 1.39. The number of hydrogen-bond acceptors (Lipinski definition) is 7. The summed E-state index contributed by atoms with van der Waals surface area (Å²) in [6.07, 6.45) is 0.661. The maximum absolute atomic E-state index is 12.4. The van der Waals surface area contributed by atoms with E-state index in [0.29, 0.717) is 23.8 Å². The molecule has 1 N–H and O–H groups in total. The van der Waals surface area contributed by atoms with Crippen molar-refractivity contribution in [2.75, 3.05) is 18.2 Å². The molecule has 0 atom stereocenters. The molecule has 0 spiro atoms. The Balaban J connectivity index is 1.64. The summed E-state index contributed by atoms with van der Waals surface area (Å²) in [5.41, 5.74) is 1.40. The molecule has 3 rings (SSSR count). The number of carbonyl (C=O) groups excluding carboxylic acids is 1. The summed E-state index contributed by atoms with van der Waals surface area (Å²) >= 11 is 1.28. The van der Waals surface area contributed by atoms with Gasteiger partial charge in [0, 0.05) is 19.0 Å². The normalized spacial score (nSPS) is 10.6. The fourth-order valence-electron chi connectivity index (χ4n) is 2.87. The van der Waals surface area contributed by atoms with E-state index in [9.17, 15) is 14.9 Å². The number of nitrogens with zero attached hydrogens (tertiary/aromatic N) is 4. The van der Waals surface area contributed by atoms with Crippen LogP contribution in [0.5, 0.6) is 5.75 Å². The van der Waals surface area contributed by atoms with Crippen LogP contribution >= 0.6 is 11.8 Å². The van der Waals surface area contributed by atoms with Gasteiger partial charge in [-0.3, -0.25) is 14.9 Å². The molecule has 1 heterocycles. The Morgan fingerprint density at radius 3 is 2.67 bits per heavy atom. The number of non-ortho nitro benzene ring substituents is 1. The van der Waals surface area contributed by atoms with E-state index < -0.39 is 4.92 Å². The molecule has 0 fully saturated rings. The van der Waals surface area contributed by atoms with Crippen LogP contribution in [0.2, 0.25) is 0 Å². The molecule has 1 aromatic heterocycles. The van der Waals surface area contributed by atoms with E-state index in [4.69, 9.17) is 4.74 Å². The minimum absolute atomic E-state index is 0.110. The lowest BCUT2D eigenvalue weighted by Gasteiger charge is -2.10. The Morgan fingerprint density at radius 1 is 1.23 bits per heavy atom. The number of nitro groups is 1. The molecular formula is C20H21N5O4S. The van der Waals surface area contributed by atoms with Crippen molar-refractivity contribution in [3.05, 3.63) is 70.0 Å². The van der Waals surface area contributed by atoms with Gasteiger partial charge in [0.15, 0.2) is 5.16 Å². The Kier molecular flexibility index (Phi) is 7.02. The van der Waals surface area contributed by atoms with Crippen LogP contribution in [0.25, 0.3) is 0 Å². The Bertz CT molecular complexity index is 1040. The number of ether oxygens (including phenoxy) is 1. The number of methoxy groups -OCH3 is 1. The van der Waals surface area contributed by atoms with Gasteiger partial charge >= 0.3 is 0 Å². The van der Waals surface area contributed by atoms with Gasteiger partial charge in [0.25, 0.3) is 5.69 Å². The Morgan fingerprint density at radius 2 is 2.00 bits per heavy atom.